The molecule has 1 saturated carbocycles. The fourth-order valence-electron chi connectivity index (χ4n) is 4.25. The van der Waals surface area contributed by atoms with Crippen molar-refractivity contribution in [3.05, 3.63) is 0 Å². The largest absolute Gasteiger partial charge is 0.379 e. The second-order valence-corrected chi connectivity index (χ2v) is 8.78. The molecule has 0 aromatic carbocycles. The maximum Gasteiger partial charge on any atom is 0.191 e. The number of morpholine rings is 1. The van der Waals surface area contributed by atoms with Gasteiger partial charge in [-0.3, -0.25) is 9.89 Å². The van der Waals surface area contributed by atoms with Crippen LogP contribution >= 0.6 is 24.0 Å². The Bertz CT molecular complexity index is 442. The highest BCUT2D eigenvalue weighted by Gasteiger charge is 2.38. The molecule has 2 N–H and O–H groups in total. The number of nitrogens with one attached hydrogen (secondary N) is 2. The van der Waals surface area contributed by atoms with Crippen molar-refractivity contribution < 1.29 is 9.47 Å². The van der Waals surface area contributed by atoms with Crippen LogP contribution in [0.15, 0.2) is 4.99 Å². The van der Waals surface area contributed by atoms with Gasteiger partial charge in [-0.05, 0) is 18.3 Å². The molecule has 2 fully saturated rings. The van der Waals surface area contributed by atoms with Gasteiger partial charge in [0.05, 0.1) is 19.3 Å². The summed E-state index contributed by atoms with van der Waals surface area (Å²) in [6, 6.07) is 0. The van der Waals surface area contributed by atoms with Crippen LogP contribution < -0.4 is 10.6 Å². The monoisotopic (exact) mass is 496 g/mol. The summed E-state index contributed by atoms with van der Waals surface area (Å²) in [6.45, 7) is 12.1. The molecule has 1 heterocycles. The molecule has 1 saturated heterocycles. The maximum atomic E-state index is 5.65. The van der Waals surface area contributed by atoms with Gasteiger partial charge in [-0.1, -0.05) is 40.0 Å². The summed E-state index contributed by atoms with van der Waals surface area (Å²) < 4.78 is 11.2. The molecule has 0 aromatic rings. The minimum atomic E-state index is 0. The van der Waals surface area contributed by atoms with Gasteiger partial charge < -0.3 is 20.1 Å². The number of aliphatic imine (C=N–C) groups is 1. The lowest BCUT2D eigenvalue weighted by Gasteiger charge is -2.48. The van der Waals surface area contributed by atoms with E-state index in [1.165, 1.54) is 32.1 Å². The summed E-state index contributed by atoms with van der Waals surface area (Å²) in [4.78, 5) is 7.09. The highest BCUT2D eigenvalue weighted by Crippen LogP contribution is 2.33. The summed E-state index contributed by atoms with van der Waals surface area (Å²) >= 11 is 0. The van der Waals surface area contributed by atoms with Crippen molar-refractivity contribution in [3.63, 3.8) is 0 Å². The van der Waals surface area contributed by atoms with E-state index in [9.17, 15) is 0 Å². The summed E-state index contributed by atoms with van der Waals surface area (Å²) in [7, 11) is 3.62. The molecule has 0 amide bonds. The van der Waals surface area contributed by atoms with E-state index in [0.29, 0.717) is 0 Å². The van der Waals surface area contributed by atoms with Crippen molar-refractivity contribution in [2.24, 2.45) is 10.4 Å². The third kappa shape index (κ3) is 7.33. The van der Waals surface area contributed by atoms with E-state index < -0.39 is 0 Å². The van der Waals surface area contributed by atoms with Gasteiger partial charge in [0.25, 0.3) is 0 Å². The first kappa shape index (κ1) is 24.9. The summed E-state index contributed by atoms with van der Waals surface area (Å²) in [5.74, 6) is 0.870. The zero-order valence-corrected chi connectivity index (χ0v) is 20.3. The van der Waals surface area contributed by atoms with Gasteiger partial charge in [0.1, 0.15) is 0 Å². The molecule has 0 spiro atoms. The molecule has 0 radical (unpaired) electrons. The van der Waals surface area contributed by atoms with Crippen LogP contribution in [0.3, 0.4) is 0 Å². The number of rotatable bonds is 6. The van der Waals surface area contributed by atoms with Crippen molar-refractivity contribution in [1.29, 1.82) is 0 Å². The second kappa shape index (κ2) is 11.8. The highest BCUT2D eigenvalue weighted by atomic mass is 127. The number of methoxy groups -OCH3 is 1. The molecule has 2 aliphatic rings. The van der Waals surface area contributed by atoms with E-state index in [1.54, 1.807) is 7.11 Å². The zero-order chi connectivity index (χ0) is 19.0. The summed E-state index contributed by atoms with van der Waals surface area (Å²) in [5.41, 5.74) is 0.337. The minimum Gasteiger partial charge on any atom is -0.379 e. The molecule has 0 aromatic heterocycles. The third-order valence-corrected chi connectivity index (χ3v) is 5.98. The van der Waals surface area contributed by atoms with Crippen molar-refractivity contribution in [1.82, 2.24) is 15.5 Å². The van der Waals surface area contributed by atoms with Crippen molar-refractivity contribution >= 4 is 29.9 Å². The number of guanidine groups is 1. The van der Waals surface area contributed by atoms with Crippen LogP contribution in [0.25, 0.3) is 0 Å². The molecule has 27 heavy (non-hydrogen) atoms. The highest BCUT2D eigenvalue weighted by molar-refractivity contribution is 14.0. The van der Waals surface area contributed by atoms with Crippen LogP contribution in [-0.4, -0.2) is 76.1 Å². The SMILES string of the molecule is CN=C(NCC(OC)C(C)(C)C)NCC1(N2CCOCC2)CCCCC1.I. The molecule has 1 unspecified atom stereocenters. The minimum absolute atomic E-state index is 0. The molecular weight excluding hydrogens is 455 g/mol. The van der Waals surface area contributed by atoms with Crippen LogP contribution in [0.2, 0.25) is 0 Å². The van der Waals surface area contributed by atoms with Crippen molar-refractivity contribution in [2.45, 2.75) is 64.5 Å². The lowest BCUT2D eigenvalue weighted by molar-refractivity contribution is -0.0353. The Morgan fingerprint density at radius 1 is 1.15 bits per heavy atom. The Labute approximate surface area is 183 Å². The van der Waals surface area contributed by atoms with Gasteiger partial charge in [0.15, 0.2) is 5.96 Å². The first-order valence-corrected chi connectivity index (χ1v) is 10.2. The van der Waals surface area contributed by atoms with Gasteiger partial charge in [-0.25, -0.2) is 0 Å². The Kier molecular flexibility index (Phi) is 10.9. The lowest BCUT2D eigenvalue weighted by Crippen LogP contribution is -2.60. The second-order valence-electron chi connectivity index (χ2n) is 8.78. The molecule has 1 aliphatic carbocycles. The van der Waals surface area contributed by atoms with E-state index >= 15 is 0 Å². The van der Waals surface area contributed by atoms with Gasteiger partial charge >= 0.3 is 0 Å². The van der Waals surface area contributed by atoms with Crippen LogP contribution in [0, 0.1) is 5.41 Å². The van der Waals surface area contributed by atoms with Gasteiger partial charge in [-0.2, -0.15) is 0 Å². The number of nitrogens with zero attached hydrogens (tertiary/aromatic N) is 2. The molecule has 0 bridgehead atoms. The van der Waals surface area contributed by atoms with Crippen LogP contribution in [0.1, 0.15) is 52.9 Å². The zero-order valence-electron chi connectivity index (χ0n) is 18.0. The Morgan fingerprint density at radius 2 is 1.78 bits per heavy atom. The van der Waals surface area contributed by atoms with Crippen molar-refractivity contribution in [2.75, 3.05) is 53.6 Å². The number of halogens is 1. The van der Waals surface area contributed by atoms with Crippen LogP contribution in [0.5, 0.6) is 0 Å². The smallest absolute Gasteiger partial charge is 0.191 e. The molecule has 2 rings (SSSR count). The Balaban J connectivity index is 0.00000364. The molecule has 160 valence electrons. The fraction of sp³-hybridized carbons (Fsp3) is 0.950. The average molecular weight is 496 g/mol. The van der Waals surface area contributed by atoms with E-state index in [0.717, 1.165) is 45.4 Å². The maximum absolute atomic E-state index is 5.65. The standard InChI is InChI=1S/C20H40N4O2.HI/c1-19(2,3)17(25-5)15-22-18(21-4)23-16-20(9-7-6-8-10-20)24-11-13-26-14-12-24;/h17H,6-16H2,1-5H3,(H2,21,22,23);1H. The fourth-order valence-corrected chi connectivity index (χ4v) is 4.25. The van der Waals surface area contributed by atoms with E-state index in [-0.39, 0.29) is 41.0 Å². The number of hydrogen-bond donors (Lipinski definition) is 2. The predicted octanol–water partition coefficient (Wildman–Crippen LogP) is 2.87. The van der Waals surface area contributed by atoms with Crippen LogP contribution in [0.4, 0.5) is 0 Å². The first-order chi connectivity index (χ1) is 12.4. The van der Waals surface area contributed by atoms with E-state index in [4.69, 9.17) is 9.47 Å². The number of ether oxygens (including phenoxy) is 2. The Morgan fingerprint density at radius 3 is 2.30 bits per heavy atom. The molecular formula is C20H41IN4O2. The lowest BCUT2D eigenvalue weighted by atomic mass is 9.80. The van der Waals surface area contributed by atoms with E-state index in [1.807, 2.05) is 7.05 Å². The predicted molar refractivity (Wildman–Crippen MR) is 123 cm³/mol. The van der Waals surface area contributed by atoms with Gasteiger partial charge in [0, 0.05) is 45.9 Å². The normalized spacial score (nSPS) is 22.6. The van der Waals surface area contributed by atoms with E-state index in [2.05, 4.69) is 41.3 Å². The molecule has 1 atom stereocenters. The number of hydrogen-bond acceptors (Lipinski definition) is 4. The van der Waals surface area contributed by atoms with Gasteiger partial charge in [-0.15, -0.1) is 24.0 Å². The molecule has 7 heteroatoms. The molecule has 1 aliphatic heterocycles. The van der Waals surface area contributed by atoms with Crippen molar-refractivity contribution in [3.8, 4) is 0 Å². The summed E-state index contributed by atoms with van der Waals surface area (Å²) in [6.07, 6.45) is 6.67. The third-order valence-electron chi connectivity index (χ3n) is 5.98. The topological polar surface area (TPSA) is 58.1 Å². The quantitative estimate of drug-likeness (QED) is 0.337. The molecule has 6 nitrogen and oxygen atoms in total. The Hall–Kier alpha value is -0.120. The first-order valence-electron chi connectivity index (χ1n) is 10.2. The van der Waals surface area contributed by atoms with Gasteiger partial charge in [0.2, 0.25) is 0 Å². The summed E-state index contributed by atoms with van der Waals surface area (Å²) in [5, 5.41) is 7.07. The average Bonchev–Trinajstić information content (AvgIpc) is 2.65. The van der Waals surface area contributed by atoms with Crippen LogP contribution in [-0.2, 0) is 9.47 Å².